The van der Waals surface area contributed by atoms with Crippen molar-refractivity contribution in [3.8, 4) is 0 Å². The van der Waals surface area contributed by atoms with E-state index < -0.39 is 15.9 Å². The van der Waals surface area contributed by atoms with Gasteiger partial charge in [-0.25, -0.2) is 13.1 Å². The van der Waals surface area contributed by atoms with Crippen LogP contribution in [0.5, 0.6) is 0 Å². The van der Waals surface area contributed by atoms with Crippen molar-refractivity contribution in [1.82, 2.24) is 14.9 Å². The van der Waals surface area contributed by atoms with Gasteiger partial charge in [0.1, 0.15) is 0 Å². The van der Waals surface area contributed by atoms with Crippen LogP contribution in [-0.4, -0.2) is 52.5 Å². The van der Waals surface area contributed by atoms with Gasteiger partial charge in [0.2, 0.25) is 5.09 Å². The van der Waals surface area contributed by atoms with Crippen molar-refractivity contribution in [2.45, 2.75) is 18.2 Å². The Morgan fingerprint density at radius 3 is 2.27 bits per heavy atom. The first-order valence-corrected chi connectivity index (χ1v) is 12.4. The minimum atomic E-state index is -3.73. The molecule has 2 N–H and O–H groups in total. The molecule has 0 saturated carbocycles. The summed E-state index contributed by atoms with van der Waals surface area (Å²) in [5.74, 6) is -0.503. The van der Waals surface area contributed by atoms with E-state index in [4.69, 9.17) is 4.42 Å². The Kier molecular flexibility index (Phi) is 7.12. The number of carbonyl (C=O) groups is 1. The molecule has 0 aliphatic carbocycles. The van der Waals surface area contributed by atoms with Crippen LogP contribution in [-0.2, 0) is 23.1 Å². The maximum absolute atomic E-state index is 12.5. The lowest BCUT2D eigenvalue weighted by atomic mass is 10.1. The van der Waals surface area contributed by atoms with Gasteiger partial charge in [-0.05, 0) is 42.4 Å². The smallest absolute Gasteiger partial charge is 0.287 e. The van der Waals surface area contributed by atoms with Gasteiger partial charge in [-0.2, -0.15) is 0 Å². The quantitative estimate of drug-likeness (QED) is 0.527. The molecule has 1 aliphatic heterocycles. The van der Waals surface area contributed by atoms with E-state index in [-0.39, 0.29) is 10.9 Å². The molecule has 1 fully saturated rings. The van der Waals surface area contributed by atoms with Gasteiger partial charge in [0.15, 0.2) is 5.76 Å². The third kappa shape index (κ3) is 5.62. The van der Waals surface area contributed by atoms with Gasteiger partial charge < -0.3 is 14.6 Å². The Morgan fingerprint density at radius 1 is 0.909 bits per heavy atom. The number of carbonyl (C=O) groups excluding carboxylic acids is 1. The van der Waals surface area contributed by atoms with E-state index in [0.29, 0.717) is 6.54 Å². The van der Waals surface area contributed by atoms with E-state index in [0.717, 1.165) is 43.9 Å². The highest BCUT2D eigenvalue weighted by atomic mass is 32.2. The molecule has 2 heterocycles. The highest BCUT2D eigenvalue weighted by molar-refractivity contribution is 7.89. The van der Waals surface area contributed by atoms with Gasteiger partial charge in [0.25, 0.3) is 15.9 Å². The number of sulfonamides is 1. The summed E-state index contributed by atoms with van der Waals surface area (Å²) in [7, 11) is -2.44. The van der Waals surface area contributed by atoms with Crippen LogP contribution >= 0.6 is 0 Å². The molecule has 2 aromatic carbocycles. The van der Waals surface area contributed by atoms with Crippen LogP contribution in [0.3, 0.4) is 0 Å². The molecule has 1 amide bonds. The van der Waals surface area contributed by atoms with Gasteiger partial charge in [0, 0.05) is 45.0 Å². The number of benzene rings is 2. The number of piperazine rings is 1. The van der Waals surface area contributed by atoms with Crippen molar-refractivity contribution in [2.24, 2.45) is 0 Å². The molecule has 0 atom stereocenters. The molecule has 1 aliphatic rings. The maximum atomic E-state index is 12.5. The SMILES string of the molecule is CNS(=O)(=O)c1ccc(C(=O)NCc2ccccc2CN2CCN(c3ccccc3)CC2)o1. The molecule has 174 valence electrons. The second-order valence-corrected chi connectivity index (χ2v) is 9.69. The molecule has 0 unspecified atom stereocenters. The summed E-state index contributed by atoms with van der Waals surface area (Å²) in [5.41, 5.74) is 3.43. The second kappa shape index (κ2) is 10.2. The molecule has 3 aromatic rings. The summed E-state index contributed by atoms with van der Waals surface area (Å²) < 4.78 is 31.0. The van der Waals surface area contributed by atoms with Gasteiger partial charge in [-0.3, -0.25) is 9.69 Å². The van der Waals surface area contributed by atoms with E-state index in [1.54, 1.807) is 0 Å². The highest BCUT2D eigenvalue weighted by Crippen LogP contribution is 2.19. The lowest BCUT2D eigenvalue weighted by molar-refractivity contribution is 0.0917. The predicted octanol–water partition coefficient (Wildman–Crippen LogP) is 2.44. The van der Waals surface area contributed by atoms with Crippen LogP contribution in [0.15, 0.2) is 76.2 Å². The van der Waals surface area contributed by atoms with Crippen molar-refractivity contribution in [3.05, 3.63) is 83.6 Å². The predicted molar refractivity (Wildman–Crippen MR) is 126 cm³/mol. The van der Waals surface area contributed by atoms with Crippen LogP contribution < -0.4 is 14.9 Å². The normalized spacial score (nSPS) is 14.9. The molecule has 8 nitrogen and oxygen atoms in total. The monoisotopic (exact) mass is 468 g/mol. The number of anilines is 1. The van der Waals surface area contributed by atoms with Crippen LogP contribution in [0.2, 0.25) is 0 Å². The van der Waals surface area contributed by atoms with Gasteiger partial charge in [0.05, 0.1) is 0 Å². The maximum Gasteiger partial charge on any atom is 0.287 e. The number of furan rings is 1. The van der Waals surface area contributed by atoms with Crippen LogP contribution in [0.4, 0.5) is 5.69 Å². The van der Waals surface area contributed by atoms with Crippen LogP contribution in [0.25, 0.3) is 0 Å². The first-order valence-electron chi connectivity index (χ1n) is 10.9. The Hall–Kier alpha value is -3.14. The molecule has 0 radical (unpaired) electrons. The Bertz CT molecular complexity index is 1190. The molecule has 1 aromatic heterocycles. The molecule has 9 heteroatoms. The van der Waals surface area contributed by atoms with E-state index in [1.807, 2.05) is 24.3 Å². The average molecular weight is 469 g/mol. The summed E-state index contributed by atoms with van der Waals surface area (Å²) in [6.45, 7) is 5.00. The molecular formula is C24H28N4O4S. The van der Waals surface area contributed by atoms with Crippen molar-refractivity contribution < 1.29 is 17.6 Å². The summed E-state index contributed by atoms with van der Waals surface area (Å²) in [4.78, 5) is 17.3. The number of rotatable bonds is 8. The van der Waals surface area contributed by atoms with Crippen molar-refractivity contribution >= 4 is 21.6 Å². The number of nitrogens with one attached hydrogen (secondary N) is 2. The first kappa shape index (κ1) is 23.0. The molecular weight excluding hydrogens is 440 g/mol. The number of amides is 1. The Balaban J connectivity index is 1.34. The lowest BCUT2D eigenvalue weighted by Crippen LogP contribution is -2.46. The van der Waals surface area contributed by atoms with Gasteiger partial charge >= 0.3 is 0 Å². The number of para-hydroxylation sites is 1. The molecule has 0 spiro atoms. The first-order chi connectivity index (χ1) is 16.0. The molecule has 4 rings (SSSR count). The average Bonchev–Trinajstić information content (AvgIpc) is 3.36. The third-order valence-corrected chi connectivity index (χ3v) is 7.07. The van der Waals surface area contributed by atoms with Gasteiger partial charge in [-0.15, -0.1) is 0 Å². The highest BCUT2D eigenvalue weighted by Gasteiger charge is 2.20. The van der Waals surface area contributed by atoms with Crippen molar-refractivity contribution in [3.63, 3.8) is 0 Å². The van der Waals surface area contributed by atoms with Crippen molar-refractivity contribution in [2.75, 3.05) is 38.1 Å². The van der Waals surface area contributed by atoms with Crippen LogP contribution in [0, 0.1) is 0 Å². The van der Waals surface area contributed by atoms with E-state index in [1.165, 1.54) is 24.9 Å². The largest absolute Gasteiger partial charge is 0.438 e. The number of nitrogens with zero attached hydrogens (tertiary/aromatic N) is 2. The molecule has 1 saturated heterocycles. The van der Waals surface area contributed by atoms with E-state index >= 15 is 0 Å². The number of hydrogen-bond acceptors (Lipinski definition) is 6. The second-order valence-electron chi connectivity index (χ2n) is 7.88. The molecule has 33 heavy (non-hydrogen) atoms. The van der Waals surface area contributed by atoms with E-state index in [2.05, 4.69) is 50.2 Å². The fraction of sp³-hybridized carbons (Fsp3) is 0.292. The molecule has 0 bridgehead atoms. The zero-order valence-electron chi connectivity index (χ0n) is 18.5. The summed E-state index contributed by atoms with van der Waals surface area (Å²) in [6.07, 6.45) is 0. The Morgan fingerprint density at radius 2 is 1.58 bits per heavy atom. The van der Waals surface area contributed by atoms with Crippen molar-refractivity contribution in [1.29, 1.82) is 0 Å². The summed E-state index contributed by atoms with van der Waals surface area (Å²) >= 11 is 0. The Labute approximate surface area is 194 Å². The summed E-state index contributed by atoms with van der Waals surface area (Å²) in [6, 6.07) is 21.1. The zero-order chi connectivity index (χ0) is 23.3. The van der Waals surface area contributed by atoms with E-state index in [9.17, 15) is 13.2 Å². The minimum absolute atomic E-state index is 0.0432. The van der Waals surface area contributed by atoms with Gasteiger partial charge in [-0.1, -0.05) is 42.5 Å². The minimum Gasteiger partial charge on any atom is -0.438 e. The fourth-order valence-electron chi connectivity index (χ4n) is 3.88. The standard InChI is InChI=1S/C24H28N4O4S/c1-25-33(30,31)23-12-11-22(32-23)24(29)26-17-19-7-5-6-8-20(19)18-27-13-15-28(16-14-27)21-9-3-2-4-10-21/h2-12,25H,13-18H2,1H3,(H,26,29). The van der Waals surface area contributed by atoms with Crippen LogP contribution in [0.1, 0.15) is 21.7 Å². The third-order valence-electron chi connectivity index (χ3n) is 5.78. The summed E-state index contributed by atoms with van der Waals surface area (Å²) in [5, 5.41) is 2.54. The fourth-order valence-corrected chi connectivity index (χ4v) is 4.53. The zero-order valence-corrected chi connectivity index (χ0v) is 19.3. The number of hydrogen-bond donors (Lipinski definition) is 2. The lowest BCUT2D eigenvalue weighted by Gasteiger charge is -2.36. The topological polar surface area (TPSA) is 94.9 Å².